The second-order valence-electron chi connectivity index (χ2n) is 4.34. The van der Waals surface area contributed by atoms with Gasteiger partial charge < -0.3 is 10.1 Å². The van der Waals surface area contributed by atoms with Gasteiger partial charge in [0.25, 0.3) is 0 Å². The Hall–Kier alpha value is -1.00. The summed E-state index contributed by atoms with van der Waals surface area (Å²) >= 11 is 0. The zero-order chi connectivity index (χ0) is 12.7. The van der Waals surface area contributed by atoms with Crippen LogP contribution in [-0.2, 0) is 11.3 Å². The van der Waals surface area contributed by atoms with Crippen LogP contribution in [0.2, 0.25) is 0 Å². The summed E-state index contributed by atoms with van der Waals surface area (Å²) in [5.41, 5.74) is 1.11. The Morgan fingerprint density at radius 3 is 2.35 bits per heavy atom. The van der Waals surface area contributed by atoms with Crippen LogP contribution in [0.25, 0.3) is 0 Å². The summed E-state index contributed by atoms with van der Waals surface area (Å²) in [7, 11) is 0. The Labute approximate surface area is 104 Å². The summed E-state index contributed by atoms with van der Waals surface area (Å²) in [4.78, 5) is 8.74. The second kappa shape index (κ2) is 7.35. The molecule has 0 radical (unpaired) electrons. The minimum Gasteiger partial charge on any atom is -0.371 e. The third-order valence-electron chi connectivity index (χ3n) is 2.47. The molecule has 0 aliphatic rings. The van der Waals surface area contributed by atoms with E-state index in [9.17, 15) is 0 Å². The van der Waals surface area contributed by atoms with Crippen molar-refractivity contribution in [2.24, 2.45) is 0 Å². The molecule has 0 aliphatic carbocycles. The highest BCUT2D eigenvalue weighted by Gasteiger charge is 2.11. The molecule has 1 rings (SSSR count). The minimum absolute atomic E-state index is 0.0205. The lowest BCUT2D eigenvalue weighted by Crippen LogP contribution is -2.22. The summed E-state index contributed by atoms with van der Waals surface area (Å²) < 4.78 is 5.57. The largest absolute Gasteiger partial charge is 0.371 e. The summed E-state index contributed by atoms with van der Waals surface area (Å²) in [6.07, 6.45) is 4.67. The maximum absolute atomic E-state index is 5.57. The third kappa shape index (κ3) is 4.79. The van der Waals surface area contributed by atoms with E-state index in [0.717, 1.165) is 24.4 Å². The quantitative estimate of drug-likeness (QED) is 0.791. The standard InChI is InChI=1S/C13H23N3O/c1-5-12(17-6-2)13-15-8-11(9-16-13)7-14-10(3)4/h8-10,12,14H,5-7H2,1-4H3. The van der Waals surface area contributed by atoms with Crippen LogP contribution < -0.4 is 5.32 Å². The number of nitrogens with one attached hydrogen (secondary N) is 1. The molecule has 1 unspecified atom stereocenters. The summed E-state index contributed by atoms with van der Waals surface area (Å²) in [6, 6.07) is 0.474. The van der Waals surface area contributed by atoms with Gasteiger partial charge in [-0.2, -0.15) is 0 Å². The van der Waals surface area contributed by atoms with Gasteiger partial charge in [-0.15, -0.1) is 0 Å². The smallest absolute Gasteiger partial charge is 0.157 e. The van der Waals surface area contributed by atoms with Gasteiger partial charge in [-0.1, -0.05) is 20.8 Å². The molecule has 1 heterocycles. The first-order chi connectivity index (χ1) is 8.17. The number of nitrogens with zero attached hydrogens (tertiary/aromatic N) is 2. The van der Waals surface area contributed by atoms with Gasteiger partial charge in [0.05, 0.1) is 0 Å². The van der Waals surface area contributed by atoms with Gasteiger partial charge in [0, 0.05) is 37.2 Å². The fraction of sp³-hybridized carbons (Fsp3) is 0.692. The number of hydrogen-bond acceptors (Lipinski definition) is 4. The van der Waals surface area contributed by atoms with Gasteiger partial charge in [-0.05, 0) is 13.3 Å². The van der Waals surface area contributed by atoms with E-state index in [1.54, 1.807) is 0 Å². The first-order valence-electron chi connectivity index (χ1n) is 6.33. The van der Waals surface area contributed by atoms with E-state index >= 15 is 0 Å². The predicted octanol–water partition coefficient (Wildman–Crippen LogP) is 2.46. The Balaban J connectivity index is 2.59. The molecule has 4 nitrogen and oxygen atoms in total. The normalized spacial score (nSPS) is 13.0. The number of aromatic nitrogens is 2. The molecule has 0 saturated heterocycles. The van der Waals surface area contributed by atoms with E-state index in [4.69, 9.17) is 4.74 Å². The molecule has 17 heavy (non-hydrogen) atoms. The lowest BCUT2D eigenvalue weighted by Gasteiger charge is -2.13. The molecule has 0 aromatic carbocycles. The molecular formula is C13H23N3O. The lowest BCUT2D eigenvalue weighted by molar-refractivity contribution is 0.0534. The third-order valence-corrected chi connectivity index (χ3v) is 2.47. The van der Waals surface area contributed by atoms with Crippen molar-refractivity contribution in [1.82, 2.24) is 15.3 Å². The molecule has 1 atom stereocenters. The molecule has 1 aromatic rings. The first kappa shape index (κ1) is 14.1. The Kier molecular flexibility index (Phi) is 6.08. The summed E-state index contributed by atoms with van der Waals surface area (Å²) in [6.45, 7) is 9.82. The monoisotopic (exact) mass is 237 g/mol. The van der Waals surface area contributed by atoms with Crippen molar-refractivity contribution in [3.05, 3.63) is 23.8 Å². The fourth-order valence-corrected chi connectivity index (χ4v) is 1.52. The van der Waals surface area contributed by atoms with Gasteiger partial charge in [0.1, 0.15) is 6.10 Å². The number of hydrogen-bond donors (Lipinski definition) is 1. The molecule has 0 bridgehead atoms. The van der Waals surface area contributed by atoms with Gasteiger partial charge in [-0.25, -0.2) is 9.97 Å². The van der Waals surface area contributed by atoms with Crippen molar-refractivity contribution in [3.63, 3.8) is 0 Å². The van der Waals surface area contributed by atoms with Crippen molar-refractivity contribution in [3.8, 4) is 0 Å². The predicted molar refractivity (Wildman–Crippen MR) is 68.7 cm³/mol. The fourth-order valence-electron chi connectivity index (χ4n) is 1.52. The van der Waals surface area contributed by atoms with Crippen molar-refractivity contribution < 1.29 is 4.74 Å². The van der Waals surface area contributed by atoms with Crippen LogP contribution in [0.15, 0.2) is 12.4 Å². The maximum Gasteiger partial charge on any atom is 0.157 e. The van der Waals surface area contributed by atoms with E-state index in [-0.39, 0.29) is 6.10 Å². The van der Waals surface area contributed by atoms with Crippen LogP contribution in [0.3, 0.4) is 0 Å². The summed E-state index contributed by atoms with van der Waals surface area (Å²) in [5.74, 6) is 0.780. The highest BCUT2D eigenvalue weighted by molar-refractivity contribution is 5.06. The molecule has 0 spiro atoms. The lowest BCUT2D eigenvalue weighted by atomic mass is 10.2. The van der Waals surface area contributed by atoms with Crippen molar-refractivity contribution in [2.45, 2.75) is 52.8 Å². The Morgan fingerprint density at radius 2 is 1.88 bits per heavy atom. The van der Waals surface area contributed by atoms with Crippen molar-refractivity contribution >= 4 is 0 Å². The van der Waals surface area contributed by atoms with Gasteiger partial charge in [0.15, 0.2) is 5.82 Å². The van der Waals surface area contributed by atoms with E-state index in [0.29, 0.717) is 12.6 Å². The number of rotatable bonds is 7. The molecule has 96 valence electrons. The molecule has 0 amide bonds. The molecule has 4 heteroatoms. The molecular weight excluding hydrogens is 214 g/mol. The first-order valence-corrected chi connectivity index (χ1v) is 6.33. The van der Waals surface area contributed by atoms with E-state index in [2.05, 4.69) is 36.1 Å². The average Bonchev–Trinajstić information content (AvgIpc) is 2.34. The van der Waals surface area contributed by atoms with Crippen LogP contribution in [0, 0.1) is 0 Å². The molecule has 0 fully saturated rings. The number of ether oxygens (including phenoxy) is 1. The highest BCUT2D eigenvalue weighted by atomic mass is 16.5. The van der Waals surface area contributed by atoms with Crippen LogP contribution in [0.1, 0.15) is 51.6 Å². The second-order valence-corrected chi connectivity index (χ2v) is 4.34. The molecule has 0 saturated carbocycles. The van der Waals surface area contributed by atoms with E-state index in [1.807, 2.05) is 19.3 Å². The maximum atomic E-state index is 5.57. The SMILES string of the molecule is CCOC(CC)c1ncc(CNC(C)C)cn1. The van der Waals surface area contributed by atoms with Gasteiger partial charge in [0.2, 0.25) is 0 Å². The highest BCUT2D eigenvalue weighted by Crippen LogP contribution is 2.16. The minimum atomic E-state index is 0.0205. The Morgan fingerprint density at radius 1 is 1.24 bits per heavy atom. The Bertz CT molecular complexity index is 311. The molecule has 1 N–H and O–H groups in total. The molecule has 1 aromatic heterocycles. The average molecular weight is 237 g/mol. The van der Waals surface area contributed by atoms with Crippen molar-refractivity contribution in [1.29, 1.82) is 0 Å². The summed E-state index contributed by atoms with van der Waals surface area (Å²) in [5, 5.41) is 3.34. The van der Waals surface area contributed by atoms with Crippen LogP contribution in [0.4, 0.5) is 0 Å². The van der Waals surface area contributed by atoms with Crippen LogP contribution >= 0.6 is 0 Å². The van der Waals surface area contributed by atoms with Gasteiger partial charge >= 0.3 is 0 Å². The van der Waals surface area contributed by atoms with Crippen molar-refractivity contribution in [2.75, 3.05) is 6.61 Å². The van der Waals surface area contributed by atoms with Crippen LogP contribution in [-0.4, -0.2) is 22.6 Å². The zero-order valence-corrected chi connectivity index (χ0v) is 11.2. The zero-order valence-electron chi connectivity index (χ0n) is 11.2. The topological polar surface area (TPSA) is 47.0 Å². The van der Waals surface area contributed by atoms with E-state index in [1.165, 1.54) is 0 Å². The van der Waals surface area contributed by atoms with Gasteiger partial charge in [-0.3, -0.25) is 0 Å². The van der Waals surface area contributed by atoms with Crippen LogP contribution in [0.5, 0.6) is 0 Å². The van der Waals surface area contributed by atoms with E-state index < -0.39 is 0 Å². The molecule has 0 aliphatic heterocycles.